The van der Waals surface area contributed by atoms with Gasteiger partial charge in [0.2, 0.25) is 5.82 Å². The summed E-state index contributed by atoms with van der Waals surface area (Å²) in [4.78, 5) is 48.1. The third kappa shape index (κ3) is 6.74. The molecule has 15 nitrogen and oxygen atoms in total. The first-order valence-electron chi connectivity index (χ1n) is 13.0. The molecule has 45 heavy (non-hydrogen) atoms. The fourth-order valence-corrected chi connectivity index (χ4v) is 5.76. The lowest BCUT2D eigenvalue weighted by Gasteiger charge is -2.26. The van der Waals surface area contributed by atoms with Crippen LogP contribution in [-0.2, 0) is 22.9 Å². The largest absolute Gasteiger partial charge is 0.478 e. The number of alkyl halides is 3. The van der Waals surface area contributed by atoms with Gasteiger partial charge in [-0.25, -0.2) is 32.7 Å². The lowest BCUT2D eigenvalue weighted by Crippen LogP contribution is -2.44. The highest BCUT2D eigenvalue weighted by Gasteiger charge is 2.39. The van der Waals surface area contributed by atoms with Crippen molar-refractivity contribution >= 4 is 33.3 Å². The first-order valence-corrected chi connectivity index (χ1v) is 15.2. The molecule has 0 aliphatic carbocycles. The molecule has 5 rings (SSSR count). The van der Waals surface area contributed by atoms with Crippen LogP contribution in [0, 0.1) is 0 Å². The first kappa shape index (κ1) is 31.8. The van der Waals surface area contributed by atoms with E-state index >= 15 is 0 Å². The molecule has 1 fully saturated rings. The van der Waals surface area contributed by atoms with Crippen LogP contribution >= 0.6 is 11.6 Å². The van der Waals surface area contributed by atoms with E-state index in [1.54, 1.807) is 0 Å². The summed E-state index contributed by atoms with van der Waals surface area (Å²) < 4.78 is 65.6. The highest BCUT2D eigenvalue weighted by Crippen LogP contribution is 2.24. The lowest BCUT2D eigenvalue weighted by atomic mass is 10.2. The molecule has 2 N–H and O–H groups in total. The number of carbonyl (C=O) groups excluding carboxylic acids is 1. The third-order valence-corrected chi connectivity index (χ3v) is 8.60. The van der Waals surface area contributed by atoms with Gasteiger partial charge in [0, 0.05) is 29.9 Å². The molecule has 0 spiro atoms. The summed E-state index contributed by atoms with van der Waals surface area (Å²) >= 11 is 5.92. The Kier molecular flexibility index (Phi) is 8.51. The number of carboxylic acid groups (broad SMARTS) is 1. The zero-order chi connectivity index (χ0) is 32.7. The van der Waals surface area contributed by atoms with Crippen molar-refractivity contribution in [2.24, 2.45) is 0 Å². The molecule has 0 bridgehead atoms. The topological polar surface area (TPSA) is 195 Å². The van der Waals surface area contributed by atoms with Crippen LogP contribution in [0.25, 0.3) is 17.2 Å². The predicted octanol–water partition coefficient (Wildman–Crippen LogP) is 0.881. The number of sulfone groups is 1. The summed E-state index contributed by atoms with van der Waals surface area (Å²) in [6.07, 6.45) is -6.72. The second-order valence-electron chi connectivity index (χ2n) is 9.83. The molecule has 20 heteroatoms. The summed E-state index contributed by atoms with van der Waals surface area (Å²) in [6, 6.07) is 8.19. The quantitative estimate of drug-likeness (QED) is 0.270. The average Bonchev–Trinajstić information content (AvgIpc) is 3.54. The molecule has 1 aromatic carbocycles. The number of hydrogen-bond acceptors (Lipinski definition) is 10. The van der Waals surface area contributed by atoms with Gasteiger partial charge in [-0.05, 0) is 36.4 Å². The van der Waals surface area contributed by atoms with Crippen molar-refractivity contribution in [2.45, 2.75) is 25.4 Å². The van der Waals surface area contributed by atoms with E-state index in [9.17, 15) is 46.2 Å². The maximum Gasteiger partial charge on any atom is 0.416 e. The van der Waals surface area contributed by atoms with E-state index in [4.69, 9.17) is 11.6 Å². The molecule has 1 aliphatic rings. The Morgan fingerprint density at radius 1 is 1.07 bits per heavy atom. The van der Waals surface area contributed by atoms with Crippen molar-refractivity contribution in [2.75, 3.05) is 24.6 Å². The van der Waals surface area contributed by atoms with Crippen LogP contribution in [0.3, 0.4) is 0 Å². The minimum Gasteiger partial charge on any atom is -0.478 e. The van der Waals surface area contributed by atoms with E-state index in [0.717, 1.165) is 4.68 Å². The van der Waals surface area contributed by atoms with Crippen LogP contribution in [0.2, 0.25) is 5.02 Å². The smallest absolute Gasteiger partial charge is 0.416 e. The van der Waals surface area contributed by atoms with Crippen LogP contribution in [-0.4, -0.2) is 106 Å². The van der Waals surface area contributed by atoms with E-state index in [2.05, 4.69) is 20.2 Å². The lowest BCUT2D eigenvalue weighted by molar-refractivity contribution is -0.207. The number of benzene rings is 1. The number of carboxylic acids is 1. The Morgan fingerprint density at radius 2 is 1.73 bits per heavy atom. The number of hydrogen-bond donors (Lipinski definition) is 2. The van der Waals surface area contributed by atoms with Gasteiger partial charge < -0.3 is 15.1 Å². The summed E-state index contributed by atoms with van der Waals surface area (Å²) in [5, 5.41) is 28.0. The Bertz CT molecular complexity index is 1930. The number of aromatic carboxylic acids is 1. The van der Waals surface area contributed by atoms with E-state index in [-0.39, 0.29) is 53.2 Å². The van der Waals surface area contributed by atoms with Crippen LogP contribution in [0.1, 0.15) is 26.8 Å². The van der Waals surface area contributed by atoms with Gasteiger partial charge >= 0.3 is 17.8 Å². The molecule has 3 aromatic heterocycles. The number of pyridine rings is 1. The van der Waals surface area contributed by atoms with E-state index in [1.165, 1.54) is 47.5 Å². The van der Waals surface area contributed by atoms with Crippen molar-refractivity contribution in [3.05, 3.63) is 75.3 Å². The second-order valence-corrected chi connectivity index (χ2v) is 12.6. The second kappa shape index (κ2) is 12.1. The molecule has 1 aliphatic heterocycles. The molecular formula is C25H22ClF3N8O7S. The molecule has 0 unspecified atom stereocenters. The van der Waals surface area contributed by atoms with Crippen LogP contribution < -0.4 is 5.69 Å². The summed E-state index contributed by atoms with van der Waals surface area (Å²) in [7, 11) is -3.37. The van der Waals surface area contributed by atoms with Gasteiger partial charge in [0.05, 0.1) is 18.1 Å². The number of carbonyl (C=O) groups is 2. The molecule has 0 saturated carbocycles. The van der Waals surface area contributed by atoms with Crippen molar-refractivity contribution < 1.29 is 41.4 Å². The van der Waals surface area contributed by atoms with Crippen LogP contribution in [0.4, 0.5) is 13.2 Å². The predicted molar refractivity (Wildman–Crippen MR) is 149 cm³/mol. The minimum absolute atomic E-state index is 0.173. The molecular weight excluding hydrogens is 649 g/mol. The third-order valence-electron chi connectivity index (χ3n) is 6.74. The van der Waals surface area contributed by atoms with Crippen molar-refractivity contribution in [1.82, 2.24) is 39.0 Å². The molecule has 4 heterocycles. The number of aliphatic hydroxyl groups is 1. The fraction of sp³-hybridized carbons (Fsp3) is 0.320. The maximum atomic E-state index is 13.5. The number of rotatable bonds is 8. The standard InChI is InChI=1S/C25H22ClF3N8O7S/c26-15-5-3-14(4-6-15)19-33-36(24(42)35(19)12-17(38)25(27,28)29)13-18-31-21(22(39)34-8-10-45(43,44)11-9-34)37(32-18)20-16(23(40)41)2-1-7-30-20/h1-7,17,38H,8-13H2,(H,40,41)/t17-/m0/s1. The Labute approximate surface area is 256 Å². The summed E-state index contributed by atoms with van der Waals surface area (Å²) in [6.45, 7) is -2.15. The monoisotopic (exact) mass is 670 g/mol. The highest BCUT2D eigenvalue weighted by atomic mass is 35.5. The van der Waals surface area contributed by atoms with E-state index in [0.29, 0.717) is 14.3 Å². The molecule has 4 aromatic rings. The Balaban J connectivity index is 1.59. The van der Waals surface area contributed by atoms with Gasteiger partial charge in [0.15, 0.2) is 33.4 Å². The van der Waals surface area contributed by atoms with Gasteiger partial charge in [-0.3, -0.25) is 9.36 Å². The summed E-state index contributed by atoms with van der Waals surface area (Å²) in [5.41, 5.74) is -1.26. The molecule has 1 atom stereocenters. The number of halogens is 4. The maximum absolute atomic E-state index is 13.5. The molecule has 1 saturated heterocycles. The van der Waals surface area contributed by atoms with E-state index < -0.39 is 58.6 Å². The normalized spacial score (nSPS) is 15.6. The van der Waals surface area contributed by atoms with Crippen LogP contribution in [0.5, 0.6) is 0 Å². The van der Waals surface area contributed by atoms with Gasteiger partial charge in [-0.1, -0.05) is 11.6 Å². The number of nitrogens with zero attached hydrogens (tertiary/aromatic N) is 8. The average molecular weight is 671 g/mol. The van der Waals surface area contributed by atoms with Gasteiger partial charge in [0.1, 0.15) is 12.1 Å². The highest BCUT2D eigenvalue weighted by molar-refractivity contribution is 7.91. The van der Waals surface area contributed by atoms with Crippen LogP contribution in [0.15, 0.2) is 47.4 Å². The molecule has 1 amide bonds. The van der Waals surface area contributed by atoms with Gasteiger partial charge in [0.25, 0.3) is 5.91 Å². The summed E-state index contributed by atoms with van der Waals surface area (Å²) in [5.74, 6) is -4.14. The number of aliphatic hydroxyl groups excluding tert-OH is 1. The Morgan fingerprint density at radius 3 is 2.36 bits per heavy atom. The molecule has 238 valence electrons. The van der Waals surface area contributed by atoms with E-state index in [1.807, 2.05) is 0 Å². The molecule has 0 radical (unpaired) electrons. The number of amides is 1. The Hall–Kier alpha value is -4.62. The zero-order valence-electron chi connectivity index (χ0n) is 22.8. The van der Waals surface area contributed by atoms with Gasteiger partial charge in [-0.2, -0.15) is 17.9 Å². The van der Waals surface area contributed by atoms with Gasteiger partial charge in [-0.15, -0.1) is 10.2 Å². The zero-order valence-corrected chi connectivity index (χ0v) is 24.4. The first-order chi connectivity index (χ1) is 21.1. The fourth-order valence-electron chi connectivity index (χ4n) is 4.43. The number of aromatic nitrogens is 7. The SMILES string of the molecule is O=C(O)c1cccnc1-n1nc(Cn2nc(-c3ccc(Cl)cc3)n(C[C@H](O)C(F)(F)F)c2=O)nc1C(=O)N1CCS(=O)(=O)CC1. The van der Waals surface area contributed by atoms with Crippen molar-refractivity contribution in [3.63, 3.8) is 0 Å². The van der Waals surface area contributed by atoms with Crippen molar-refractivity contribution in [3.8, 4) is 17.2 Å². The minimum atomic E-state index is -5.05. The van der Waals surface area contributed by atoms with Crippen molar-refractivity contribution in [1.29, 1.82) is 0 Å².